The molecule has 0 bridgehead atoms. The fourth-order valence-electron chi connectivity index (χ4n) is 1.64. The maximum absolute atomic E-state index is 12.0. The van der Waals surface area contributed by atoms with Gasteiger partial charge in [0.15, 0.2) is 0 Å². The van der Waals surface area contributed by atoms with Gasteiger partial charge in [-0.25, -0.2) is 9.52 Å². The Morgan fingerprint density at radius 2 is 1.90 bits per heavy atom. The number of carbonyl (C=O) groups excluding carboxylic acids is 1. The van der Waals surface area contributed by atoms with Crippen LogP contribution >= 0.6 is 15.9 Å². The first-order valence-corrected chi connectivity index (χ1v) is 8.93. The van der Waals surface area contributed by atoms with Crippen molar-refractivity contribution in [2.75, 3.05) is 5.33 Å². The third kappa shape index (κ3) is 5.64. The lowest BCUT2D eigenvalue weighted by atomic mass is 9.96. The van der Waals surface area contributed by atoms with Crippen molar-refractivity contribution in [2.24, 2.45) is 0 Å². The van der Waals surface area contributed by atoms with Crippen molar-refractivity contribution in [3.63, 3.8) is 0 Å². The third-order valence-electron chi connectivity index (χ3n) is 2.60. The molecule has 8 heteroatoms. The Labute approximate surface area is 133 Å². The first kappa shape index (κ1) is 17.9. The molecule has 1 unspecified atom stereocenters. The minimum Gasteiger partial charge on any atom is -0.446 e. The highest BCUT2D eigenvalue weighted by Crippen LogP contribution is 2.23. The van der Waals surface area contributed by atoms with Crippen LogP contribution < -0.4 is 9.44 Å². The summed E-state index contributed by atoms with van der Waals surface area (Å²) in [5, 5.41) is 0.337. The molecule has 0 aliphatic heterocycles. The second-order valence-electron chi connectivity index (χ2n) is 4.99. The van der Waals surface area contributed by atoms with Crippen molar-refractivity contribution in [2.45, 2.75) is 32.4 Å². The average molecular weight is 379 g/mol. The number of alkyl halides is 1. The monoisotopic (exact) mass is 378 g/mol. The largest absolute Gasteiger partial charge is 0.446 e. The van der Waals surface area contributed by atoms with Crippen molar-refractivity contribution >= 4 is 32.2 Å². The van der Waals surface area contributed by atoms with E-state index in [9.17, 15) is 13.2 Å². The predicted molar refractivity (Wildman–Crippen MR) is 84.4 cm³/mol. The third-order valence-corrected chi connectivity index (χ3v) is 4.87. The van der Waals surface area contributed by atoms with Gasteiger partial charge < -0.3 is 4.74 Å². The SMILES string of the molecule is CC(C)OC(=O)NS(=O)(=O)NC(C)(CBr)c1ccccc1. The lowest BCUT2D eigenvalue weighted by molar-refractivity contribution is 0.121. The summed E-state index contributed by atoms with van der Waals surface area (Å²) in [4.78, 5) is 11.4. The highest BCUT2D eigenvalue weighted by molar-refractivity contribution is 9.09. The van der Waals surface area contributed by atoms with E-state index in [4.69, 9.17) is 4.74 Å². The van der Waals surface area contributed by atoms with E-state index in [1.54, 1.807) is 32.9 Å². The van der Waals surface area contributed by atoms with Crippen molar-refractivity contribution < 1.29 is 17.9 Å². The smallest absolute Gasteiger partial charge is 0.422 e. The maximum Gasteiger partial charge on any atom is 0.422 e. The Morgan fingerprint density at radius 1 is 1.33 bits per heavy atom. The van der Waals surface area contributed by atoms with Crippen LogP contribution in [0, 0.1) is 0 Å². The highest BCUT2D eigenvalue weighted by atomic mass is 79.9. The van der Waals surface area contributed by atoms with Crippen molar-refractivity contribution in [3.8, 4) is 0 Å². The van der Waals surface area contributed by atoms with Crippen LogP contribution in [0.15, 0.2) is 30.3 Å². The zero-order chi connectivity index (χ0) is 16.1. The van der Waals surface area contributed by atoms with Crippen LogP contribution in [0.2, 0.25) is 0 Å². The number of hydrogen-bond acceptors (Lipinski definition) is 4. The fourth-order valence-corrected chi connectivity index (χ4v) is 3.39. The first-order chi connectivity index (χ1) is 9.68. The number of nitrogens with one attached hydrogen (secondary N) is 2. The number of rotatable bonds is 6. The summed E-state index contributed by atoms with van der Waals surface area (Å²) in [6.07, 6.45) is -1.42. The van der Waals surface area contributed by atoms with Crippen LogP contribution in [0.1, 0.15) is 26.3 Å². The Balaban J connectivity index is 2.88. The summed E-state index contributed by atoms with van der Waals surface area (Å²) in [6.45, 7) is 4.97. The molecule has 2 N–H and O–H groups in total. The molecule has 1 atom stereocenters. The van der Waals surface area contributed by atoms with E-state index in [1.807, 2.05) is 22.9 Å². The lowest BCUT2D eigenvalue weighted by Gasteiger charge is -2.28. The zero-order valence-electron chi connectivity index (χ0n) is 12.1. The van der Waals surface area contributed by atoms with Crippen LogP contribution in [-0.4, -0.2) is 25.9 Å². The maximum atomic E-state index is 12.0. The molecule has 0 spiro atoms. The molecule has 0 fully saturated rings. The van der Waals surface area contributed by atoms with E-state index in [-0.39, 0.29) is 0 Å². The van der Waals surface area contributed by atoms with Crippen LogP contribution in [0.25, 0.3) is 0 Å². The molecule has 0 saturated carbocycles. The standard InChI is InChI=1S/C13H19BrN2O4S/c1-10(2)20-12(17)15-21(18,19)16-13(3,9-14)11-7-5-4-6-8-11/h4-8,10,16H,9H2,1-3H3,(H,15,17). The summed E-state index contributed by atoms with van der Waals surface area (Å²) in [7, 11) is -4.05. The van der Waals surface area contributed by atoms with Gasteiger partial charge in [0.25, 0.3) is 0 Å². The Bertz CT molecular complexity index is 577. The van der Waals surface area contributed by atoms with E-state index in [2.05, 4.69) is 20.7 Å². The molecule has 21 heavy (non-hydrogen) atoms. The van der Waals surface area contributed by atoms with Gasteiger partial charge >= 0.3 is 16.3 Å². The molecule has 0 aliphatic rings. The van der Waals surface area contributed by atoms with Gasteiger partial charge in [-0.15, -0.1) is 0 Å². The predicted octanol–water partition coefficient (Wildman–Crippen LogP) is 2.27. The zero-order valence-corrected chi connectivity index (χ0v) is 14.5. The van der Waals surface area contributed by atoms with E-state index in [0.29, 0.717) is 5.33 Å². The van der Waals surface area contributed by atoms with Crippen molar-refractivity contribution in [3.05, 3.63) is 35.9 Å². The van der Waals surface area contributed by atoms with Crippen LogP contribution in [0.3, 0.4) is 0 Å². The number of ether oxygens (including phenoxy) is 1. The van der Waals surface area contributed by atoms with Crippen molar-refractivity contribution in [1.29, 1.82) is 0 Å². The quantitative estimate of drug-likeness (QED) is 0.743. The fraction of sp³-hybridized carbons (Fsp3) is 0.462. The number of hydrogen-bond donors (Lipinski definition) is 2. The molecule has 0 radical (unpaired) electrons. The Morgan fingerprint density at radius 3 is 2.38 bits per heavy atom. The topological polar surface area (TPSA) is 84.5 Å². The Kier molecular flexibility index (Phi) is 6.18. The van der Waals surface area contributed by atoms with Crippen LogP contribution in [0.5, 0.6) is 0 Å². The Hall–Kier alpha value is -1.12. The van der Waals surface area contributed by atoms with Gasteiger partial charge in [-0.05, 0) is 26.3 Å². The lowest BCUT2D eigenvalue weighted by Crippen LogP contribution is -2.51. The normalized spacial score (nSPS) is 14.5. The molecule has 1 aromatic rings. The molecule has 0 aromatic heterocycles. The second-order valence-corrected chi connectivity index (χ2v) is 6.97. The molecule has 0 heterocycles. The van der Waals surface area contributed by atoms with E-state index < -0.39 is 27.9 Å². The van der Waals surface area contributed by atoms with Gasteiger partial charge in [0, 0.05) is 5.33 Å². The van der Waals surface area contributed by atoms with Gasteiger partial charge in [0.2, 0.25) is 0 Å². The molecule has 1 aromatic carbocycles. The molecule has 0 saturated heterocycles. The number of halogens is 1. The van der Waals surface area contributed by atoms with Gasteiger partial charge in [-0.2, -0.15) is 13.1 Å². The molecule has 1 rings (SSSR count). The van der Waals surface area contributed by atoms with Gasteiger partial charge in [-0.3, -0.25) is 0 Å². The molecular weight excluding hydrogens is 360 g/mol. The minimum absolute atomic E-state index is 0.337. The summed E-state index contributed by atoms with van der Waals surface area (Å²) >= 11 is 3.30. The summed E-state index contributed by atoms with van der Waals surface area (Å²) in [5.74, 6) is 0. The highest BCUT2D eigenvalue weighted by Gasteiger charge is 2.31. The molecular formula is C13H19BrN2O4S. The van der Waals surface area contributed by atoms with Gasteiger partial charge in [0.1, 0.15) is 0 Å². The number of benzene rings is 1. The van der Waals surface area contributed by atoms with Gasteiger partial charge in [0.05, 0.1) is 11.6 Å². The second kappa shape index (κ2) is 7.24. The number of amides is 1. The van der Waals surface area contributed by atoms with E-state index in [1.165, 1.54) is 0 Å². The molecule has 6 nitrogen and oxygen atoms in total. The summed E-state index contributed by atoms with van der Waals surface area (Å²) in [6, 6.07) is 9.06. The van der Waals surface area contributed by atoms with Crippen molar-refractivity contribution in [1.82, 2.24) is 9.44 Å². The molecule has 118 valence electrons. The summed E-state index contributed by atoms with van der Waals surface area (Å²) < 4.78 is 33.1. The first-order valence-electron chi connectivity index (χ1n) is 6.32. The minimum atomic E-state index is -4.05. The number of carbonyl (C=O) groups is 1. The summed E-state index contributed by atoms with van der Waals surface area (Å²) in [5.41, 5.74) is -0.130. The van der Waals surface area contributed by atoms with Crippen LogP contribution in [0.4, 0.5) is 4.79 Å². The molecule has 1 amide bonds. The van der Waals surface area contributed by atoms with Gasteiger partial charge in [-0.1, -0.05) is 46.3 Å². The van der Waals surface area contributed by atoms with Crippen LogP contribution in [-0.2, 0) is 20.5 Å². The molecule has 0 aliphatic carbocycles. The van der Waals surface area contributed by atoms with E-state index in [0.717, 1.165) is 5.56 Å². The van der Waals surface area contributed by atoms with E-state index >= 15 is 0 Å². The average Bonchev–Trinajstić information content (AvgIpc) is 2.37.